The highest BCUT2D eigenvalue weighted by atomic mass is 32.1. The Hall–Kier alpha value is -1.13. The first kappa shape index (κ1) is 14.9. The average Bonchev–Trinajstić information content (AvgIpc) is 2.38. The van der Waals surface area contributed by atoms with Gasteiger partial charge < -0.3 is 15.8 Å². The second kappa shape index (κ2) is 8.89. The van der Waals surface area contributed by atoms with Crippen LogP contribution in [0, 0.1) is 0 Å². The van der Waals surface area contributed by atoms with Gasteiger partial charge >= 0.3 is 0 Å². The van der Waals surface area contributed by atoms with E-state index in [0.717, 1.165) is 43.9 Å². The first-order valence-corrected chi connectivity index (χ1v) is 6.87. The highest BCUT2D eigenvalue weighted by Gasteiger charge is 2.02. The molecular weight excluding hydrogens is 244 g/mol. The number of benzene rings is 1. The van der Waals surface area contributed by atoms with Crippen molar-refractivity contribution in [3.05, 3.63) is 29.8 Å². The van der Waals surface area contributed by atoms with Crippen LogP contribution in [-0.2, 0) is 4.74 Å². The van der Waals surface area contributed by atoms with Crippen molar-refractivity contribution in [3.63, 3.8) is 0 Å². The maximum absolute atomic E-state index is 5.67. The molecule has 0 unspecified atom stereocenters. The summed E-state index contributed by atoms with van der Waals surface area (Å²) in [6.07, 6.45) is 3.30. The summed E-state index contributed by atoms with van der Waals surface area (Å²) < 4.78 is 5.50. The molecule has 3 N–H and O–H groups in total. The van der Waals surface area contributed by atoms with E-state index in [1.54, 1.807) is 0 Å². The zero-order valence-corrected chi connectivity index (χ0v) is 11.8. The molecule has 0 heterocycles. The van der Waals surface area contributed by atoms with Crippen molar-refractivity contribution in [1.29, 1.82) is 0 Å². The Bertz CT molecular complexity index is 369. The summed E-state index contributed by atoms with van der Waals surface area (Å²) in [6.45, 7) is 4.69. The molecule has 0 aliphatic heterocycles. The van der Waals surface area contributed by atoms with Gasteiger partial charge in [0.25, 0.3) is 0 Å². The molecule has 1 aromatic carbocycles. The lowest BCUT2D eigenvalue weighted by Crippen LogP contribution is -2.14. The highest BCUT2D eigenvalue weighted by Crippen LogP contribution is 2.14. The fourth-order valence-corrected chi connectivity index (χ4v) is 1.78. The van der Waals surface area contributed by atoms with E-state index < -0.39 is 0 Å². The predicted octanol–water partition coefficient (Wildman–Crippen LogP) is 2.94. The minimum Gasteiger partial charge on any atom is -0.389 e. The maximum atomic E-state index is 5.67. The van der Waals surface area contributed by atoms with Crippen molar-refractivity contribution in [2.24, 2.45) is 5.73 Å². The number of unbranched alkanes of at least 4 members (excludes halogenated alkanes) is 1. The van der Waals surface area contributed by atoms with Gasteiger partial charge in [0.2, 0.25) is 0 Å². The summed E-state index contributed by atoms with van der Waals surface area (Å²) in [7, 11) is 0. The Morgan fingerprint density at radius 1 is 1.28 bits per heavy atom. The quantitative estimate of drug-likeness (QED) is 0.533. The number of rotatable bonds is 9. The first-order valence-electron chi connectivity index (χ1n) is 6.46. The summed E-state index contributed by atoms with van der Waals surface area (Å²) in [5.74, 6) is 0. The van der Waals surface area contributed by atoms with Gasteiger partial charge in [0, 0.05) is 31.0 Å². The van der Waals surface area contributed by atoms with E-state index >= 15 is 0 Å². The monoisotopic (exact) mass is 266 g/mol. The van der Waals surface area contributed by atoms with E-state index in [4.69, 9.17) is 22.7 Å². The van der Waals surface area contributed by atoms with Gasteiger partial charge in [-0.25, -0.2) is 0 Å². The first-order chi connectivity index (χ1) is 8.75. The van der Waals surface area contributed by atoms with E-state index in [0.29, 0.717) is 4.99 Å². The number of ether oxygens (including phenoxy) is 1. The normalized spacial score (nSPS) is 10.3. The molecule has 1 aromatic rings. The van der Waals surface area contributed by atoms with E-state index in [9.17, 15) is 0 Å². The molecule has 4 heteroatoms. The van der Waals surface area contributed by atoms with Crippen LogP contribution in [0.15, 0.2) is 24.3 Å². The Kier molecular flexibility index (Phi) is 7.37. The van der Waals surface area contributed by atoms with Crippen molar-refractivity contribution in [3.8, 4) is 0 Å². The summed E-state index contributed by atoms with van der Waals surface area (Å²) >= 11 is 5.01. The highest BCUT2D eigenvalue weighted by molar-refractivity contribution is 7.80. The molecule has 0 spiro atoms. The predicted molar refractivity (Wildman–Crippen MR) is 81.2 cm³/mol. The van der Waals surface area contributed by atoms with Crippen molar-refractivity contribution in [2.45, 2.75) is 26.2 Å². The van der Waals surface area contributed by atoms with Gasteiger partial charge in [-0.1, -0.05) is 37.7 Å². The zero-order chi connectivity index (χ0) is 13.2. The Morgan fingerprint density at radius 3 is 2.72 bits per heavy atom. The van der Waals surface area contributed by atoms with Gasteiger partial charge in [0.1, 0.15) is 4.99 Å². The Balaban J connectivity index is 2.25. The number of thiocarbonyl (C=S) groups is 1. The number of anilines is 1. The molecule has 1 rings (SSSR count). The smallest absolute Gasteiger partial charge is 0.106 e. The lowest BCUT2D eigenvalue weighted by atomic mass is 10.2. The Morgan fingerprint density at radius 2 is 2.00 bits per heavy atom. The molecule has 0 saturated heterocycles. The number of hydrogen-bond donors (Lipinski definition) is 2. The molecule has 0 amide bonds. The van der Waals surface area contributed by atoms with Gasteiger partial charge in [-0.3, -0.25) is 0 Å². The number of para-hydroxylation sites is 1. The minimum atomic E-state index is 0.428. The van der Waals surface area contributed by atoms with Crippen molar-refractivity contribution in [1.82, 2.24) is 0 Å². The van der Waals surface area contributed by atoms with Crippen LogP contribution in [0.25, 0.3) is 0 Å². The summed E-state index contributed by atoms with van der Waals surface area (Å²) in [5, 5.41) is 3.34. The molecule has 18 heavy (non-hydrogen) atoms. The fraction of sp³-hybridized carbons (Fsp3) is 0.500. The van der Waals surface area contributed by atoms with Crippen molar-refractivity contribution < 1.29 is 4.74 Å². The molecule has 0 aromatic heterocycles. The van der Waals surface area contributed by atoms with Gasteiger partial charge in [-0.05, 0) is 25.0 Å². The van der Waals surface area contributed by atoms with E-state index in [2.05, 4.69) is 12.2 Å². The van der Waals surface area contributed by atoms with Gasteiger partial charge in [0.05, 0.1) is 0 Å². The van der Waals surface area contributed by atoms with Gasteiger partial charge in [-0.15, -0.1) is 0 Å². The van der Waals surface area contributed by atoms with Crippen molar-refractivity contribution >= 4 is 22.9 Å². The third kappa shape index (κ3) is 5.47. The zero-order valence-electron chi connectivity index (χ0n) is 10.9. The van der Waals surface area contributed by atoms with E-state index in [-0.39, 0.29) is 0 Å². The largest absolute Gasteiger partial charge is 0.389 e. The van der Waals surface area contributed by atoms with Crippen LogP contribution < -0.4 is 11.1 Å². The fourth-order valence-electron chi connectivity index (χ4n) is 1.60. The maximum Gasteiger partial charge on any atom is 0.106 e. The van der Waals surface area contributed by atoms with E-state index in [1.807, 2.05) is 24.3 Å². The molecule has 0 radical (unpaired) electrons. The second-order valence-electron chi connectivity index (χ2n) is 4.16. The van der Waals surface area contributed by atoms with Crippen LogP contribution in [0.4, 0.5) is 5.69 Å². The number of nitrogens with one attached hydrogen (secondary N) is 1. The number of hydrogen-bond acceptors (Lipinski definition) is 3. The second-order valence-corrected chi connectivity index (χ2v) is 4.60. The summed E-state index contributed by atoms with van der Waals surface area (Å²) in [4.78, 5) is 0.428. The van der Waals surface area contributed by atoms with Crippen LogP contribution >= 0.6 is 12.2 Å². The van der Waals surface area contributed by atoms with Crippen LogP contribution in [0.3, 0.4) is 0 Å². The molecule has 100 valence electrons. The molecule has 0 bridgehead atoms. The lowest BCUT2D eigenvalue weighted by Gasteiger charge is -2.11. The van der Waals surface area contributed by atoms with Crippen molar-refractivity contribution in [2.75, 3.05) is 25.1 Å². The third-order valence-corrected chi connectivity index (χ3v) is 2.84. The molecular formula is C14H22N2OS. The lowest BCUT2D eigenvalue weighted by molar-refractivity contribution is 0.131. The topological polar surface area (TPSA) is 47.3 Å². The molecule has 3 nitrogen and oxygen atoms in total. The van der Waals surface area contributed by atoms with Gasteiger partial charge in [0.15, 0.2) is 0 Å². The molecule has 0 aliphatic carbocycles. The molecule has 0 saturated carbocycles. The van der Waals surface area contributed by atoms with E-state index in [1.165, 1.54) is 6.42 Å². The molecule has 0 aliphatic rings. The van der Waals surface area contributed by atoms with Crippen LogP contribution in [0.5, 0.6) is 0 Å². The molecule has 0 atom stereocenters. The Labute approximate surface area is 115 Å². The van der Waals surface area contributed by atoms with Crippen LogP contribution in [0.1, 0.15) is 31.7 Å². The van der Waals surface area contributed by atoms with Crippen LogP contribution in [0.2, 0.25) is 0 Å². The molecule has 0 fully saturated rings. The average molecular weight is 266 g/mol. The third-order valence-electron chi connectivity index (χ3n) is 2.62. The minimum absolute atomic E-state index is 0.428. The summed E-state index contributed by atoms with van der Waals surface area (Å²) in [6, 6.07) is 7.84. The standard InChI is InChI=1S/C14H22N2OS/c1-2-3-10-17-11-6-9-16-13-8-5-4-7-12(13)14(15)18/h4-5,7-8,16H,2-3,6,9-11H2,1H3,(H2,15,18). The number of nitrogens with two attached hydrogens (primary N) is 1. The van der Waals surface area contributed by atoms with Gasteiger partial charge in [-0.2, -0.15) is 0 Å². The summed E-state index contributed by atoms with van der Waals surface area (Å²) in [5.41, 5.74) is 7.57. The SMILES string of the molecule is CCCCOCCCNc1ccccc1C(N)=S. The van der Waals surface area contributed by atoms with Crippen LogP contribution in [-0.4, -0.2) is 24.7 Å².